The maximum Gasteiger partial charge on any atom is 0.329 e. The van der Waals surface area contributed by atoms with E-state index in [0.717, 1.165) is 4.68 Å². The highest BCUT2D eigenvalue weighted by Gasteiger charge is 2.06. The largest absolute Gasteiger partial charge is 0.480 e. The van der Waals surface area contributed by atoms with E-state index in [0.29, 0.717) is 0 Å². The van der Waals surface area contributed by atoms with Crippen molar-refractivity contribution in [3.63, 3.8) is 0 Å². The maximum atomic E-state index is 10.1. The fraction of sp³-hybridized carbons (Fsp3) is 0.400. The van der Waals surface area contributed by atoms with Gasteiger partial charge in [-0.3, -0.25) is 0 Å². The number of aliphatic carboxylic acids is 1. The van der Waals surface area contributed by atoms with Crippen molar-refractivity contribution in [2.75, 3.05) is 18.2 Å². The van der Waals surface area contributed by atoms with Gasteiger partial charge < -0.3 is 21.4 Å². The molecule has 0 fully saturated rings. The molecule has 1 heterocycles. The van der Waals surface area contributed by atoms with Crippen LogP contribution in [-0.2, 0) is 16.1 Å². The summed E-state index contributed by atoms with van der Waals surface area (Å²) in [6.45, 7) is -0.445. The number of nitrogen functional groups attached to an aromatic ring is 2. The predicted molar refractivity (Wildman–Crippen MR) is 41.9 cm³/mol. The molecule has 0 aromatic carbocycles. The number of nitrogens with zero attached hydrogens (tertiary/aromatic N) is 3. The van der Waals surface area contributed by atoms with Gasteiger partial charge in [-0.2, -0.15) is 0 Å². The Morgan fingerprint density at radius 2 is 2.31 bits per heavy atom. The van der Waals surface area contributed by atoms with Gasteiger partial charge in [0, 0.05) is 0 Å². The van der Waals surface area contributed by atoms with E-state index in [1.54, 1.807) is 0 Å². The number of aromatic nitrogens is 3. The lowest BCUT2D eigenvalue weighted by molar-refractivity contribution is -0.142. The SMILES string of the molecule is Nc1nnc(COCC(=O)O)n1N. The second kappa shape index (κ2) is 3.72. The molecule has 8 nitrogen and oxygen atoms in total. The Bertz CT molecular complexity index is 309. The average Bonchev–Trinajstić information content (AvgIpc) is 2.35. The summed E-state index contributed by atoms with van der Waals surface area (Å²) in [4.78, 5) is 10.1. The molecule has 0 aliphatic rings. The first-order chi connectivity index (χ1) is 6.11. The summed E-state index contributed by atoms with van der Waals surface area (Å²) >= 11 is 0. The lowest BCUT2D eigenvalue weighted by Crippen LogP contribution is -2.17. The topological polar surface area (TPSA) is 129 Å². The molecule has 0 aliphatic heterocycles. The molecule has 0 radical (unpaired) electrons. The number of carbonyl (C=O) groups is 1. The molecule has 0 spiro atoms. The Kier molecular flexibility index (Phi) is 2.65. The standard InChI is InChI=1S/C5H9N5O3/c6-5-9-8-3(10(5)7)1-13-2-4(11)12/h1-2,7H2,(H2,6,9)(H,11,12). The van der Waals surface area contributed by atoms with Crippen LogP contribution in [-0.4, -0.2) is 32.6 Å². The molecule has 0 aliphatic carbocycles. The van der Waals surface area contributed by atoms with Crippen molar-refractivity contribution in [3.05, 3.63) is 5.82 Å². The number of carboxylic acid groups (broad SMARTS) is 1. The Labute approximate surface area is 73.1 Å². The van der Waals surface area contributed by atoms with Gasteiger partial charge in [-0.25, -0.2) is 9.47 Å². The van der Waals surface area contributed by atoms with E-state index in [-0.39, 0.29) is 18.4 Å². The van der Waals surface area contributed by atoms with Crippen LogP contribution < -0.4 is 11.6 Å². The third-order valence-corrected chi connectivity index (χ3v) is 1.25. The minimum Gasteiger partial charge on any atom is -0.480 e. The van der Waals surface area contributed by atoms with E-state index < -0.39 is 12.6 Å². The van der Waals surface area contributed by atoms with E-state index in [4.69, 9.17) is 21.4 Å². The number of rotatable bonds is 4. The van der Waals surface area contributed by atoms with Crippen LogP contribution in [0.1, 0.15) is 5.82 Å². The average molecular weight is 187 g/mol. The van der Waals surface area contributed by atoms with Gasteiger partial charge in [-0.1, -0.05) is 0 Å². The molecule has 0 saturated heterocycles. The molecular weight excluding hydrogens is 178 g/mol. The molecule has 1 aromatic heterocycles. The zero-order valence-electron chi connectivity index (χ0n) is 6.67. The summed E-state index contributed by atoms with van der Waals surface area (Å²) in [5.74, 6) is 4.63. The van der Waals surface area contributed by atoms with Gasteiger partial charge in [0.25, 0.3) is 0 Å². The number of hydrogen-bond acceptors (Lipinski definition) is 6. The summed E-state index contributed by atoms with van der Waals surface area (Å²) in [6.07, 6.45) is 0. The van der Waals surface area contributed by atoms with Crippen LogP contribution in [0, 0.1) is 0 Å². The number of hydrogen-bond donors (Lipinski definition) is 3. The molecule has 5 N–H and O–H groups in total. The highest BCUT2D eigenvalue weighted by Crippen LogP contribution is 1.98. The molecular formula is C5H9N5O3. The fourth-order valence-corrected chi connectivity index (χ4v) is 0.666. The number of nitrogens with two attached hydrogens (primary N) is 2. The van der Waals surface area contributed by atoms with Crippen molar-refractivity contribution >= 4 is 11.9 Å². The summed E-state index contributed by atoms with van der Waals surface area (Å²) < 4.78 is 5.75. The predicted octanol–water partition coefficient (Wildman–Crippen LogP) is -1.82. The monoisotopic (exact) mass is 187 g/mol. The fourth-order valence-electron chi connectivity index (χ4n) is 0.666. The zero-order chi connectivity index (χ0) is 9.84. The van der Waals surface area contributed by atoms with Gasteiger partial charge in [-0.15, -0.1) is 10.2 Å². The van der Waals surface area contributed by atoms with Gasteiger partial charge in [0.05, 0.1) is 0 Å². The second-order valence-electron chi connectivity index (χ2n) is 2.23. The summed E-state index contributed by atoms with van der Waals surface area (Å²) in [5.41, 5.74) is 5.26. The van der Waals surface area contributed by atoms with E-state index in [1.165, 1.54) is 0 Å². The van der Waals surface area contributed by atoms with Gasteiger partial charge >= 0.3 is 5.97 Å². The van der Waals surface area contributed by atoms with Crippen molar-refractivity contribution in [1.29, 1.82) is 0 Å². The van der Waals surface area contributed by atoms with Crippen molar-refractivity contribution < 1.29 is 14.6 Å². The van der Waals surface area contributed by atoms with E-state index >= 15 is 0 Å². The first-order valence-electron chi connectivity index (χ1n) is 3.35. The van der Waals surface area contributed by atoms with Gasteiger partial charge in [0.1, 0.15) is 13.2 Å². The third kappa shape index (κ3) is 2.30. The van der Waals surface area contributed by atoms with E-state index in [9.17, 15) is 4.79 Å². The van der Waals surface area contributed by atoms with Crippen molar-refractivity contribution in [2.45, 2.75) is 6.61 Å². The summed E-state index contributed by atoms with van der Waals surface area (Å²) in [7, 11) is 0. The van der Waals surface area contributed by atoms with Crippen molar-refractivity contribution in [3.8, 4) is 0 Å². The zero-order valence-corrected chi connectivity index (χ0v) is 6.67. The molecule has 1 rings (SSSR count). The van der Waals surface area contributed by atoms with Gasteiger partial charge in [0.2, 0.25) is 5.95 Å². The minimum atomic E-state index is -1.06. The molecule has 0 bridgehead atoms. The third-order valence-electron chi connectivity index (χ3n) is 1.25. The molecule has 0 saturated carbocycles. The van der Waals surface area contributed by atoms with Crippen LogP contribution in [0.2, 0.25) is 0 Å². The Hall–Kier alpha value is -1.83. The molecule has 13 heavy (non-hydrogen) atoms. The normalized spacial score (nSPS) is 10.2. The summed E-state index contributed by atoms with van der Waals surface area (Å²) in [6, 6.07) is 0. The van der Waals surface area contributed by atoms with Crippen LogP contribution in [0.4, 0.5) is 5.95 Å². The molecule has 72 valence electrons. The van der Waals surface area contributed by atoms with E-state index in [1.807, 2.05) is 0 Å². The van der Waals surface area contributed by atoms with Crippen molar-refractivity contribution in [1.82, 2.24) is 14.9 Å². The van der Waals surface area contributed by atoms with Crippen molar-refractivity contribution in [2.24, 2.45) is 0 Å². The number of anilines is 1. The maximum absolute atomic E-state index is 10.1. The smallest absolute Gasteiger partial charge is 0.329 e. The lowest BCUT2D eigenvalue weighted by atomic mass is 10.6. The molecule has 0 unspecified atom stereocenters. The highest BCUT2D eigenvalue weighted by molar-refractivity contribution is 5.67. The van der Waals surface area contributed by atoms with Crippen LogP contribution >= 0.6 is 0 Å². The Morgan fingerprint density at radius 1 is 1.62 bits per heavy atom. The Balaban J connectivity index is 2.45. The highest BCUT2D eigenvalue weighted by atomic mass is 16.5. The van der Waals surface area contributed by atoms with Gasteiger partial charge in [-0.05, 0) is 0 Å². The quantitative estimate of drug-likeness (QED) is 0.473. The minimum absolute atomic E-state index is 0.0347. The van der Waals surface area contributed by atoms with Crippen LogP contribution in [0.3, 0.4) is 0 Å². The first-order valence-corrected chi connectivity index (χ1v) is 3.35. The second-order valence-corrected chi connectivity index (χ2v) is 2.23. The van der Waals surface area contributed by atoms with Crippen LogP contribution in [0.25, 0.3) is 0 Å². The summed E-state index contributed by atoms with van der Waals surface area (Å²) in [5, 5.41) is 15.3. The molecule has 0 amide bonds. The lowest BCUT2D eigenvalue weighted by Gasteiger charge is -2.00. The molecule has 0 atom stereocenters. The van der Waals surface area contributed by atoms with E-state index in [2.05, 4.69) is 10.2 Å². The molecule has 8 heteroatoms. The number of ether oxygens (including phenoxy) is 1. The first kappa shape index (κ1) is 9.26. The van der Waals surface area contributed by atoms with Crippen LogP contribution in [0.5, 0.6) is 0 Å². The van der Waals surface area contributed by atoms with Crippen LogP contribution in [0.15, 0.2) is 0 Å². The number of carboxylic acids is 1. The molecule has 1 aromatic rings. The Morgan fingerprint density at radius 3 is 2.77 bits per heavy atom. The van der Waals surface area contributed by atoms with Gasteiger partial charge in [0.15, 0.2) is 5.82 Å².